The first-order valence-corrected chi connectivity index (χ1v) is 11.2. The Hall–Kier alpha value is -3.41. The van der Waals surface area contributed by atoms with Gasteiger partial charge in [-0.1, -0.05) is 24.3 Å². The molecule has 0 radical (unpaired) electrons. The number of carbonyl (C=O) groups excluding carboxylic acids is 2. The van der Waals surface area contributed by atoms with Crippen molar-refractivity contribution in [3.8, 4) is 16.9 Å². The third-order valence-electron chi connectivity index (χ3n) is 6.04. The molecule has 2 heterocycles. The molecule has 166 valence electrons. The molecule has 0 unspecified atom stereocenters. The summed E-state index contributed by atoms with van der Waals surface area (Å²) >= 11 is 0. The van der Waals surface area contributed by atoms with Crippen LogP contribution in [-0.2, 0) is 4.74 Å². The van der Waals surface area contributed by atoms with Gasteiger partial charge in [-0.3, -0.25) is 4.79 Å². The van der Waals surface area contributed by atoms with E-state index in [1.54, 1.807) is 17.7 Å². The Morgan fingerprint density at radius 3 is 2.53 bits per heavy atom. The highest BCUT2D eigenvalue weighted by atomic mass is 16.5. The molecule has 1 fully saturated rings. The highest BCUT2D eigenvalue weighted by Gasteiger charge is 2.24. The lowest BCUT2D eigenvalue weighted by atomic mass is 10.0. The predicted octanol–water partition coefficient (Wildman–Crippen LogP) is 5.04. The first-order chi connectivity index (χ1) is 15.5. The Morgan fingerprint density at radius 2 is 1.84 bits per heavy atom. The molecule has 1 aromatic heterocycles. The van der Waals surface area contributed by atoms with Gasteiger partial charge in [-0.15, -0.1) is 0 Å². The number of likely N-dealkylation sites (tertiary alicyclic amines) is 1. The molecule has 1 aliphatic rings. The summed E-state index contributed by atoms with van der Waals surface area (Å²) in [7, 11) is 0. The minimum Gasteiger partial charge on any atom is -0.461 e. The first-order valence-electron chi connectivity index (χ1n) is 11.2. The monoisotopic (exact) mass is 431 g/mol. The SMILES string of the molecule is CCOC(=O)c1cc(-c2ccccc2C)n(-c2ccc(C(=O)N3CCCC[C@@H]3C)cc2)n1. The van der Waals surface area contributed by atoms with Crippen molar-refractivity contribution in [2.75, 3.05) is 13.2 Å². The average Bonchev–Trinajstić information content (AvgIpc) is 3.25. The molecular formula is C26H29N3O3. The number of esters is 1. The molecule has 0 bridgehead atoms. The molecule has 0 aliphatic carbocycles. The van der Waals surface area contributed by atoms with Crippen molar-refractivity contribution in [1.82, 2.24) is 14.7 Å². The number of amides is 1. The number of aryl methyl sites for hydroxylation is 1. The Morgan fingerprint density at radius 1 is 1.09 bits per heavy atom. The molecule has 1 atom stereocenters. The smallest absolute Gasteiger partial charge is 0.358 e. The van der Waals surface area contributed by atoms with Crippen LogP contribution in [-0.4, -0.2) is 45.8 Å². The van der Waals surface area contributed by atoms with Gasteiger partial charge in [0.2, 0.25) is 0 Å². The topological polar surface area (TPSA) is 64.4 Å². The average molecular weight is 432 g/mol. The summed E-state index contributed by atoms with van der Waals surface area (Å²) in [5.41, 5.74) is 4.56. The van der Waals surface area contributed by atoms with Crippen molar-refractivity contribution in [2.45, 2.75) is 46.1 Å². The fourth-order valence-corrected chi connectivity index (χ4v) is 4.25. The van der Waals surface area contributed by atoms with E-state index in [0.717, 1.165) is 41.9 Å². The standard InChI is InChI=1S/C26H29N3O3/c1-4-32-26(31)23-17-24(22-11-6-5-9-18(22)2)29(27-23)21-14-12-20(13-15-21)25(30)28-16-8-7-10-19(28)3/h5-6,9,11-15,17,19H,4,7-8,10,16H2,1-3H3/t19-/m0/s1. The van der Waals surface area contributed by atoms with Gasteiger partial charge in [-0.25, -0.2) is 9.48 Å². The van der Waals surface area contributed by atoms with E-state index in [0.29, 0.717) is 5.56 Å². The number of benzene rings is 2. The maximum absolute atomic E-state index is 13.0. The Labute approximate surface area is 188 Å². The minimum atomic E-state index is -0.452. The maximum Gasteiger partial charge on any atom is 0.358 e. The number of hydrogen-bond acceptors (Lipinski definition) is 4. The number of carbonyl (C=O) groups is 2. The Balaban J connectivity index is 1.70. The van der Waals surface area contributed by atoms with E-state index in [9.17, 15) is 9.59 Å². The minimum absolute atomic E-state index is 0.0653. The van der Waals surface area contributed by atoms with E-state index in [2.05, 4.69) is 12.0 Å². The normalized spacial score (nSPS) is 16.1. The second-order valence-corrected chi connectivity index (χ2v) is 8.25. The molecule has 32 heavy (non-hydrogen) atoms. The van der Waals surface area contributed by atoms with Gasteiger partial charge in [0.1, 0.15) is 0 Å². The van der Waals surface area contributed by atoms with Crippen LogP contribution in [0.3, 0.4) is 0 Å². The van der Waals surface area contributed by atoms with Gasteiger partial charge in [0.15, 0.2) is 5.69 Å². The van der Waals surface area contributed by atoms with Crippen molar-refractivity contribution in [3.63, 3.8) is 0 Å². The predicted molar refractivity (Wildman–Crippen MR) is 124 cm³/mol. The van der Waals surface area contributed by atoms with E-state index < -0.39 is 5.97 Å². The van der Waals surface area contributed by atoms with Crippen LogP contribution in [0.1, 0.15) is 59.5 Å². The van der Waals surface area contributed by atoms with E-state index in [-0.39, 0.29) is 24.2 Å². The molecule has 6 heteroatoms. The summed E-state index contributed by atoms with van der Waals surface area (Å²) in [4.78, 5) is 27.3. The molecule has 0 saturated carbocycles. The maximum atomic E-state index is 13.0. The third-order valence-corrected chi connectivity index (χ3v) is 6.04. The van der Waals surface area contributed by atoms with E-state index in [1.165, 1.54) is 6.42 Å². The fourth-order valence-electron chi connectivity index (χ4n) is 4.25. The van der Waals surface area contributed by atoms with E-state index >= 15 is 0 Å². The van der Waals surface area contributed by atoms with E-state index in [1.807, 2.05) is 60.4 Å². The molecule has 0 spiro atoms. The van der Waals surface area contributed by atoms with Crippen LogP contribution in [0.2, 0.25) is 0 Å². The van der Waals surface area contributed by atoms with Gasteiger partial charge in [-0.2, -0.15) is 5.10 Å². The zero-order valence-electron chi connectivity index (χ0n) is 18.9. The number of nitrogens with zero attached hydrogens (tertiary/aromatic N) is 3. The zero-order valence-corrected chi connectivity index (χ0v) is 18.9. The van der Waals surface area contributed by atoms with Crippen LogP contribution in [0, 0.1) is 6.92 Å². The second-order valence-electron chi connectivity index (χ2n) is 8.25. The molecule has 2 aromatic carbocycles. The lowest BCUT2D eigenvalue weighted by molar-refractivity contribution is 0.0518. The van der Waals surface area contributed by atoms with Crippen LogP contribution in [0.4, 0.5) is 0 Å². The molecule has 6 nitrogen and oxygen atoms in total. The van der Waals surface area contributed by atoms with Crippen LogP contribution < -0.4 is 0 Å². The van der Waals surface area contributed by atoms with Gasteiger partial charge in [-0.05, 0) is 75.9 Å². The third kappa shape index (κ3) is 4.31. The number of ether oxygens (including phenoxy) is 1. The molecule has 4 rings (SSSR count). The molecular weight excluding hydrogens is 402 g/mol. The fraction of sp³-hybridized carbons (Fsp3) is 0.346. The van der Waals surface area contributed by atoms with Crippen LogP contribution in [0.15, 0.2) is 54.6 Å². The van der Waals surface area contributed by atoms with Crippen molar-refractivity contribution < 1.29 is 14.3 Å². The number of rotatable bonds is 5. The quantitative estimate of drug-likeness (QED) is 0.531. The summed E-state index contributed by atoms with van der Waals surface area (Å²) in [5.74, 6) is -0.387. The van der Waals surface area contributed by atoms with Gasteiger partial charge in [0, 0.05) is 23.7 Å². The lowest BCUT2D eigenvalue weighted by Gasteiger charge is -2.33. The van der Waals surface area contributed by atoms with Gasteiger partial charge in [0.05, 0.1) is 18.0 Å². The second kappa shape index (κ2) is 9.39. The van der Waals surface area contributed by atoms with Gasteiger partial charge in [0.25, 0.3) is 5.91 Å². The molecule has 1 aliphatic heterocycles. The molecule has 3 aromatic rings. The summed E-state index contributed by atoms with van der Waals surface area (Å²) in [6, 6.07) is 17.4. The molecule has 1 amide bonds. The summed E-state index contributed by atoms with van der Waals surface area (Å²) in [6.45, 7) is 7.01. The van der Waals surface area contributed by atoms with Crippen LogP contribution in [0.5, 0.6) is 0 Å². The van der Waals surface area contributed by atoms with Crippen LogP contribution in [0.25, 0.3) is 16.9 Å². The number of aromatic nitrogens is 2. The van der Waals surface area contributed by atoms with Crippen molar-refractivity contribution >= 4 is 11.9 Å². The van der Waals surface area contributed by atoms with Crippen LogP contribution >= 0.6 is 0 Å². The van der Waals surface area contributed by atoms with Gasteiger partial charge < -0.3 is 9.64 Å². The Kier molecular flexibility index (Phi) is 6.40. The molecule has 1 saturated heterocycles. The van der Waals surface area contributed by atoms with Crippen molar-refractivity contribution in [1.29, 1.82) is 0 Å². The largest absolute Gasteiger partial charge is 0.461 e. The first kappa shape index (κ1) is 21.8. The number of piperidine rings is 1. The zero-order chi connectivity index (χ0) is 22.7. The van der Waals surface area contributed by atoms with E-state index in [4.69, 9.17) is 4.74 Å². The summed E-state index contributed by atoms with van der Waals surface area (Å²) < 4.78 is 6.90. The van der Waals surface area contributed by atoms with Gasteiger partial charge >= 0.3 is 5.97 Å². The summed E-state index contributed by atoms with van der Waals surface area (Å²) in [5, 5.41) is 4.54. The Bertz CT molecular complexity index is 1120. The van der Waals surface area contributed by atoms with Crippen molar-refractivity contribution in [3.05, 3.63) is 71.4 Å². The molecule has 0 N–H and O–H groups in total. The summed E-state index contributed by atoms with van der Waals surface area (Å²) in [6.07, 6.45) is 3.28. The van der Waals surface area contributed by atoms with Crippen molar-refractivity contribution in [2.24, 2.45) is 0 Å². The lowest BCUT2D eigenvalue weighted by Crippen LogP contribution is -2.42. The highest BCUT2D eigenvalue weighted by Crippen LogP contribution is 2.28. The number of hydrogen-bond donors (Lipinski definition) is 0. The highest BCUT2D eigenvalue weighted by molar-refractivity contribution is 5.94.